The Balaban J connectivity index is 1.60. The number of fused-ring (bicyclic) bond motifs is 3. The van der Waals surface area contributed by atoms with Crippen molar-refractivity contribution in [1.29, 1.82) is 0 Å². The zero-order valence-electron chi connectivity index (χ0n) is 18.1. The van der Waals surface area contributed by atoms with Crippen LogP contribution in [0.2, 0.25) is 0 Å². The van der Waals surface area contributed by atoms with Crippen LogP contribution in [0.5, 0.6) is 11.5 Å². The second-order valence-electron chi connectivity index (χ2n) is 7.38. The van der Waals surface area contributed by atoms with Gasteiger partial charge >= 0.3 is 0 Å². The Morgan fingerprint density at radius 3 is 2.58 bits per heavy atom. The molecule has 2 aromatic heterocycles. The molecular weight excluding hydrogens is 412 g/mol. The van der Waals surface area contributed by atoms with E-state index in [9.17, 15) is 4.79 Å². The first-order valence-electron chi connectivity index (χ1n) is 9.81. The Morgan fingerprint density at radius 2 is 1.84 bits per heavy atom. The lowest BCUT2D eigenvalue weighted by molar-refractivity contribution is -0.113. The number of rotatable bonds is 6. The van der Waals surface area contributed by atoms with Crippen molar-refractivity contribution in [1.82, 2.24) is 14.6 Å². The minimum absolute atomic E-state index is 0.158. The average Bonchev–Trinajstić information content (AvgIpc) is 3.14. The molecule has 1 N–H and O–H groups in total. The largest absolute Gasteiger partial charge is 0.497 e. The van der Waals surface area contributed by atoms with Crippen molar-refractivity contribution in [3.05, 3.63) is 53.1 Å². The summed E-state index contributed by atoms with van der Waals surface area (Å²) in [4.78, 5) is 12.6. The van der Waals surface area contributed by atoms with Gasteiger partial charge in [0, 0.05) is 11.5 Å². The van der Waals surface area contributed by atoms with Gasteiger partial charge in [0.1, 0.15) is 11.5 Å². The summed E-state index contributed by atoms with van der Waals surface area (Å²) in [5, 5.41) is 13.4. The molecule has 1 amide bonds. The summed E-state index contributed by atoms with van der Waals surface area (Å²) in [5.41, 5.74) is 5.96. The molecule has 160 valence electrons. The van der Waals surface area contributed by atoms with Gasteiger partial charge in [-0.1, -0.05) is 23.4 Å². The number of aryl methyl sites for hydroxylation is 3. The second kappa shape index (κ2) is 8.47. The zero-order valence-corrected chi connectivity index (χ0v) is 19.0. The molecule has 0 spiro atoms. The summed E-state index contributed by atoms with van der Waals surface area (Å²) >= 11 is 1.35. The molecule has 0 saturated heterocycles. The third-order valence-corrected chi connectivity index (χ3v) is 6.04. The second-order valence-corrected chi connectivity index (χ2v) is 8.33. The molecule has 0 fully saturated rings. The van der Waals surface area contributed by atoms with Crippen molar-refractivity contribution in [3.63, 3.8) is 0 Å². The smallest absolute Gasteiger partial charge is 0.234 e. The molecule has 0 radical (unpaired) electrons. The van der Waals surface area contributed by atoms with Crippen LogP contribution < -0.4 is 14.8 Å². The van der Waals surface area contributed by atoms with Crippen LogP contribution in [0.25, 0.3) is 16.6 Å². The standard InChI is InChI=1S/C23H24N4O3S/c1-13-8-15(3)22-17(9-13)14(2)10-20-25-26-23(27(20)22)31-12-21(28)24-18-7-6-16(29-4)11-19(18)30-5/h6-11H,12H2,1-5H3,(H,24,28). The number of hydrogen-bond acceptors (Lipinski definition) is 6. The molecule has 7 nitrogen and oxygen atoms in total. The average molecular weight is 437 g/mol. The lowest BCUT2D eigenvalue weighted by atomic mass is 10.0. The summed E-state index contributed by atoms with van der Waals surface area (Å²) < 4.78 is 12.6. The highest BCUT2D eigenvalue weighted by molar-refractivity contribution is 7.99. The summed E-state index contributed by atoms with van der Waals surface area (Å²) in [6, 6.07) is 11.6. The maximum absolute atomic E-state index is 12.6. The number of nitrogens with zero attached hydrogens (tertiary/aromatic N) is 3. The molecule has 4 rings (SSSR count). The van der Waals surface area contributed by atoms with Crippen molar-refractivity contribution in [2.75, 3.05) is 25.3 Å². The molecule has 2 heterocycles. The predicted octanol–water partition coefficient (Wildman–Crippen LogP) is 4.56. The molecule has 0 bridgehead atoms. The summed E-state index contributed by atoms with van der Waals surface area (Å²) in [6.07, 6.45) is 0. The maximum atomic E-state index is 12.6. The van der Waals surface area contributed by atoms with E-state index in [0.29, 0.717) is 22.3 Å². The lowest BCUT2D eigenvalue weighted by Gasteiger charge is -2.12. The van der Waals surface area contributed by atoms with Crippen LogP contribution in [0.15, 0.2) is 41.6 Å². The van der Waals surface area contributed by atoms with Crippen molar-refractivity contribution in [2.24, 2.45) is 0 Å². The monoisotopic (exact) mass is 436 g/mol. The highest BCUT2D eigenvalue weighted by atomic mass is 32.2. The van der Waals surface area contributed by atoms with Crippen LogP contribution in [-0.4, -0.2) is 40.5 Å². The molecular formula is C23H24N4O3S. The molecule has 0 aliphatic carbocycles. The minimum Gasteiger partial charge on any atom is -0.497 e. The topological polar surface area (TPSA) is 77.8 Å². The van der Waals surface area contributed by atoms with E-state index in [1.54, 1.807) is 32.4 Å². The fourth-order valence-electron chi connectivity index (χ4n) is 3.73. The highest BCUT2D eigenvalue weighted by Crippen LogP contribution is 2.31. The Morgan fingerprint density at radius 1 is 1.03 bits per heavy atom. The molecule has 0 aliphatic rings. The fraction of sp³-hybridized carbons (Fsp3) is 0.261. The van der Waals surface area contributed by atoms with E-state index < -0.39 is 0 Å². The summed E-state index contributed by atoms with van der Waals surface area (Å²) in [7, 11) is 3.14. The third-order valence-electron chi connectivity index (χ3n) is 5.11. The minimum atomic E-state index is -0.158. The number of ether oxygens (including phenoxy) is 2. The third kappa shape index (κ3) is 4.03. The van der Waals surface area contributed by atoms with Crippen molar-refractivity contribution in [2.45, 2.75) is 25.9 Å². The van der Waals surface area contributed by atoms with E-state index >= 15 is 0 Å². The van der Waals surface area contributed by atoms with Gasteiger partial charge in [0.05, 0.1) is 31.2 Å². The molecule has 4 aromatic rings. The Labute approximate surface area is 184 Å². The Hall–Kier alpha value is -3.26. The van der Waals surface area contributed by atoms with Gasteiger partial charge in [0.2, 0.25) is 5.91 Å². The number of pyridine rings is 1. The first-order valence-corrected chi connectivity index (χ1v) is 10.8. The molecule has 31 heavy (non-hydrogen) atoms. The van der Waals surface area contributed by atoms with Gasteiger partial charge in [0.25, 0.3) is 0 Å². The predicted molar refractivity (Wildman–Crippen MR) is 124 cm³/mol. The summed E-state index contributed by atoms with van der Waals surface area (Å²) in [6.45, 7) is 6.26. The van der Waals surface area contributed by atoms with Crippen molar-refractivity contribution < 1.29 is 14.3 Å². The maximum Gasteiger partial charge on any atom is 0.234 e. The molecule has 8 heteroatoms. The normalized spacial score (nSPS) is 11.1. The Bertz CT molecular complexity index is 1300. The first-order chi connectivity index (χ1) is 14.9. The number of hydrogen-bond donors (Lipinski definition) is 1. The highest BCUT2D eigenvalue weighted by Gasteiger charge is 2.16. The van der Waals surface area contributed by atoms with Gasteiger partial charge in [0.15, 0.2) is 10.8 Å². The van der Waals surface area contributed by atoms with Crippen LogP contribution in [-0.2, 0) is 4.79 Å². The number of amides is 1. The van der Waals surface area contributed by atoms with E-state index in [1.807, 2.05) is 10.5 Å². The number of carbonyl (C=O) groups excluding carboxylic acids is 1. The SMILES string of the molecule is COc1ccc(NC(=O)CSc2nnc3cc(C)c4cc(C)cc(C)c4n23)c(OC)c1. The van der Waals surface area contributed by atoms with Crippen LogP contribution in [0.4, 0.5) is 5.69 Å². The number of thioether (sulfide) groups is 1. The number of benzene rings is 2. The quantitative estimate of drug-likeness (QED) is 0.447. The van der Waals surface area contributed by atoms with Crippen molar-refractivity contribution >= 4 is 39.9 Å². The van der Waals surface area contributed by atoms with Gasteiger partial charge in [-0.25, -0.2) is 0 Å². The van der Waals surface area contributed by atoms with Gasteiger partial charge in [-0.3, -0.25) is 9.20 Å². The lowest BCUT2D eigenvalue weighted by Crippen LogP contribution is -2.15. The zero-order chi connectivity index (χ0) is 22.1. The number of aromatic nitrogens is 3. The van der Waals surface area contributed by atoms with E-state index in [-0.39, 0.29) is 11.7 Å². The van der Waals surface area contributed by atoms with E-state index in [0.717, 1.165) is 22.3 Å². The molecule has 0 aliphatic heterocycles. The van der Waals surface area contributed by atoms with E-state index in [1.165, 1.54) is 22.7 Å². The number of methoxy groups -OCH3 is 2. The summed E-state index contributed by atoms with van der Waals surface area (Å²) in [5.74, 6) is 1.23. The van der Waals surface area contributed by atoms with Crippen LogP contribution in [0, 0.1) is 20.8 Å². The number of nitrogens with one attached hydrogen (secondary N) is 1. The van der Waals surface area contributed by atoms with Gasteiger partial charge in [-0.15, -0.1) is 10.2 Å². The molecule has 0 atom stereocenters. The van der Waals surface area contributed by atoms with Gasteiger partial charge in [-0.05, 0) is 56.2 Å². The van der Waals surface area contributed by atoms with Gasteiger partial charge in [-0.2, -0.15) is 0 Å². The van der Waals surface area contributed by atoms with E-state index in [4.69, 9.17) is 9.47 Å². The van der Waals surface area contributed by atoms with E-state index in [2.05, 4.69) is 48.4 Å². The Kier molecular flexibility index (Phi) is 5.73. The number of anilines is 1. The van der Waals surface area contributed by atoms with Crippen LogP contribution in [0.3, 0.4) is 0 Å². The first kappa shape index (κ1) is 21.0. The van der Waals surface area contributed by atoms with Crippen LogP contribution >= 0.6 is 11.8 Å². The van der Waals surface area contributed by atoms with Crippen molar-refractivity contribution in [3.8, 4) is 11.5 Å². The van der Waals surface area contributed by atoms with Crippen LogP contribution in [0.1, 0.15) is 16.7 Å². The molecule has 0 unspecified atom stereocenters. The molecule has 2 aromatic carbocycles. The van der Waals surface area contributed by atoms with Gasteiger partial charge < -0.3 is 14.8 Å². The fourth-order valence-corrected chi connectivity index (χ4v) is 4.47. The number of carbonyl (C=O) groups is 1. The molecule has 0 saturated carbocycles.